The Hall–Kier alpha value is -0.760. The van der Waals surface area contributed by atoms with Crippen LogP contribution in [-0.2, 0) is 0 Å². The molecule has 0 spiro atoms. The molecule has 0 radical (unpaired) electrons. The third-order valence-corrected chi connectivity index (χ3v) is 2.40. The minimum atomic E-state index is 0.0474. The summed E-state index contributed by atoms with van der Waals surface area (Å²) in [5.41, 5.74) is 7.16. The predicted molar refractivity (Wildman–Crippen MR) is 54.8 cm³/mol. The zero-order chi connectivity index (χ0) is 10.0. The van der Waals surface area contributed by atoms with E-state index in [0.29, 0.717) is 5.92 Å². The van der Waals surface area contributed by atoms with Gasteiger partial charge < -0.3 is 10.2 Å². The molecule has 0 amide bonds. The highest BCUT2D eigenvalue weighted by molar-refractivity contribution is 5.25. The average Bonchev–Trinajstić information content (AvgIpc) is 2.46. The van der Waals surface area contributed by atoms with Gasteiger partial charge in [-0.25, -0.2) is 0 Å². The van der Waals surface area contributed by atoms with Crippen molar-refractivity contribution in [2.45, 2.75) is 46.1 Å². The molecule has 74 valence electrons. The van der Waals surface area contributed by atoms with Crippen molar-refractivity contribution in [1.82, 2.24) is 0 Å². The first-order valence-electron chi connectivity index (χ1n) is 4.92. The lowest BCUT2D eigenvalue weighted by Crippen LogP contribution is -2.06. The van der Waals surface area contributed by atoms with Gasteiger partial charge >= 0.3 is 0 Å². The molecule has 1 atom stereocenters. The number of rotatable bonds is 3. The van der Waals surface area contributed by atoms with Crippen LogP contribution in [-0.4, -0.2) is 0 Å². The molecule has 0 fully saturated rings. The normalized spacial score (nSPS) is 13.7. The second kappa shape index (κ2) is 3.97. The lowest BCUT2D eigenvalue weighted by molar-refractivity contribution is 0.439. The first-order chi connectivity index (χ1) is 6.06. The number of hydrogen-bond donors (Lipinski definition) is 1. The topological polar surface area (TPSA) is 39.2 Å². The minimum absolute atomic E-state index is 0.0474. The number of furan rings is 1. The van der Waals surface area contributed by atoms with Crippen LogP contribution in [0.4, 0.5) is 0 Å². The molecule has 0 unspecified atom stereocenters. The van der Waals surface area contributed by atoms with Crippen molar-refractivity contribution in [2.24, 2.45) is 5.73 Å². The minimum Gasteiger partial charge on any atom is -0.464 e. The summed E-state index contributed by atoms with van der Waals surface area (Å²) in [5.74, 6) is 2.44. The van der Waals surface area contributed by atoms with Gasteiger partial charge in [-0.2, -0.15) is 0 Å². The molecule has 0 saturated carbocycles. The van der Waals surface area contributed by atoms with Crippen molar-refractivity contribution in [3.63, 3.8) is 0 Å². The lowest BCUT2D eigenvalue weighted by atomic mass is 10.0. The van der Waals surface area contributed by atoms with E-state index in [2.05, 4.69) is 26.8 Å². The Morgan fingerprint density at radius 2 is 2.08 bits per heavy atom. The van der Waals surface area contributed by atoms with E-state index in [4.69, 9.17) is 10.2 Å². The maximum Gasteiger partial charge on any atom is 0.121 e. The number of nitrogens with two attached hydrogens (primary N) is 1. The Morgan fingerprint density at radius 3 is 2.46 bits per heavy atom. The van der Waals surface area contributed by atoms with E-state index in [-0.39, 0.29) is 6.04 Å². The van der Waals surface area contributed by atoms with Crippen molar-refractivity contribution in [2.75, 3.05) is 0 Å². The van der Waals surface area contributed by atoms with Crippen molar-refractivity contribution in [1.29, 1.82) is 0 Å². The summed E-state index contributed by atoms with van der Waals surface area (Å²) >= 11 is 0. The molecule has 2 nitrogen and oxygen atoms in total. The highest BCUT2D eigenvalue weighted by Gasteiger charge is 2.14. The van der Waals surface area contributed by atoms with Crippen LogP contribution in [0.3, 0.4) is 0 Å². The highest BCUT2D eigenvalue weighted by atomic mass is 16.3. The standard InChI is InChI=1S/C11H19NO/c1-5-10(12)11-6-9(7(2)3)8(4)13-11/h6-7,10H,5,12H2,1-4H3/t10-/m0/s1. The molecule has 2 heteroatoms. The van der Waals surface area contributed by atoms with Gasteiger partial charge in [-0.3, -0.25) is 0 Å². The predicted octanol–water partition coefficient (Wildman–Crippen LogP) is 3.12. The molecule has 0 saturated heterocycles. The molecule has 0 aromatic carbocycles. The van der Waals surface area contributed by atoms with Gasteiger partial charge in [-0.05, 0) is 30.9 Å². The second-order valence-electron chi connectivity index (χ2n) is 3.83. The van der Waals surface area contributed by atoms with Gasteiger partial charge in [0.1, 0.15) is 11.5 Å². The SMILES string of the molecule is CC[C@H](N)c1cc(C(C)C)c(C)o1. The molecule has 1 rings (SSSR count). The van der Waals surface area contributed by atoms with Gasteiger partial charge in [0.05, 0.1) is 6.04 Å². The molecule has 1 aromatic rings. The van der Waals surface area contributed by atoms with Crippen LogP contribution < -0.4 is 5.73 Å². The maximum atomic E-state index is 5.88. The third kappa shape index (κ3) is 2.13. The summed E-state index contributed by atoms with van der Waals surface area (Å²) in [6.45, 7) is 8.40. The maximum absolute atomic E-state index is 5.88. The van der Waals surface area contributed by atoms with Crippen LogP contribution in [0.15, 0.2) is 10.5 Å². The molecule has 0 aliphatic heterocycles. The van der Waals surface area contributed by atoms with Gasteiger partial charge in [0, 0.05) is 0 Å². The Labute approximate surface area is 80.1 Å². The summed E-state index contributed by atoms with van der Waals surface area (Å²) in [6.07, 6.45) is 0.921. The van der Waals surface area contributed by atoms with Gasteiger partial charge in [-0.15, -0.1) is 0 Å². The van der Waals surface area contributed by atoms with Crippen molar-refractivity contribution in [3.05, 3.63) is 23.2 Å². The second-order valence-corrected chi connectivity index (χ2v) is 3.83. The fourth-order valence-corrected chi connectivity index (χ4v) is 1.48. The Kier molecular flexibility index (Phi) is 3.15. The molecule has 0 bridgehead atoms. The molecule has 2 N–H and O–H groups in total. The molecule has 1 aromatic heterocycles. The Bertz CT molecular complexity index is 276. The first-order valence-corrected chi connectivity index (χ1v) is 4.92. The van der Waals surface area contributed by atoms with Crippen molar-refractivity contribution >= 4 is 0 Å². The number of aryl methyl sites for hydroxylation is 1. The van der Waals surface area contributed by atoms with Crippen LogP contribution in [0, 0.1) is 6.92 Å². The quantitative estimate of drug-likeness (QED) is 0.778. The van der Waals surface area contributed by atoms with Crippen LogP contribution in [0.2, 0.25) is 0 Å². The molecule has 1 heterocycles. The molecular weight excluding hydrogens is 162 g/mol. The van der Waals surface area contributed by atoms with Crippen LogP contribution in [0.5, 0.6) is 0 Å². The highest BCUT2D eigenvalue weighted by Crippen LogP contribution is 2.26. The van der Waals surface area contributed by atoms with E-state index in [1.165, 1.54) is 5.56 Å². The summed E-state index contributed by atoms with van der Waals surface area (Å²) in [4.78, 5) is 0. The van der Waals surface area contributed by atoms with E-state index >= 15 is 0 Å². The van der Waals surface area contributed by atoms with E-state index in [9.17, 15) is 0 Å². The van der Waals surface area contributed by atoms with Crippen molar-refractivity contribution in [3.8, 4) is 0 Å². The molecular formula is C11H19NO. The Balaban J connectivity index is 2.95. The van der Waals surface area contributed by atoms with Gasteiger partial charge in [0.2, 0.25) is 0 Å². The van der Waals surface area contributed by atoms with Crippen molar-refractivity contribution < 1.29 is 4.42 Å². The first kappa shape index (κ1) is 10.3. The largest absolute Gasteiger partial charge is 0.464 e. The van der Waals surface area contributed by atoms with Crippen LogP contribution in [0.1, 0.15) is 56.2 Å². The van der Waals surface area contributed by atoms with E-state index in [1.54, 1.807) is 0 Å². The van der Waals surface area contributed by atoms with Gasteiger partial charge in [0.15, 0.2) is 0 Å². The van der Waals surface area contributed by atoms with Gasteiger partial charge in [0.25, 0.3) is 0 Å². The summed E-state index contributed by atoms with van der Waals surface area (Å²) in [6, 6.07) is 2.14. The van der Waals surface area contributed by atoms with E-state index in [1.807, 2.05) is 6.92 Å². The fourth-order valence-electron chi connectivity index (χ4n) is 1.48. The summed E-state index contributed by atoms with van der Waals surface area (Å²) < 4.78 is 5.60. The van der Waals surface area contributed by atoms with Gasteiger partial charge in [-0.1, -0.05) is 20.8 Å². The monoisotopic (exact) mass is 181 g/mol. The smallest absolute Gasteiger partial charge is 0.121 e. The number of hydrogen-bond acceptors (Lipinski definition) is 2. The Morgan fingerprint density at radius 1 is 1.46 bits per heavy atom. The molecule has 13 heavy (non-hydrogen) atoms. The fraction of sp³-hybridized carbons (Fsp3) is 0.636. The summed E-state index contributed by atoms with van der Waals surface area (Å²) in [7, 11) is 0. The van der Waals surface area contributed by atoms with Crippen LogP contribution >= 0.6 is 0 Å². The summed E-state index contributed by atoms with van der Waals surface area (Å²) in [5, 5.41) is 0. The third-order valence-electron chi connectivity index (χ3n) is 2.40. The van der Waals surface area contributed by atoms with Crippen LogP contribution in [0.25, 0.3) is 0 Å². The molecule has 0 aliphatic rings. The zero-order valence-corrected chi connectivity index (χ0v) is 8.92. The average molecular weight is 181 g/mol. The lowest BCUT2D eigenvalue weighted by Gasteiger charge is -2.02. The molecule has 0 aliphatic carbocycles. The van der Waals surface area contributed by atoms with E-state index in [0.717, 1.165) is 17.9 Å². The van der Waals surface area contributed by atoms with E-state index < -0.39 is 0 Å². The zero-order valence-electron chi connectivity index (χ0n) is 8.92.